The van der Waals surface area contributed by atoms with Gasteiger partial charge >= 0.3 is 6.03 Å². The molecule has 1 fully saturated rings. The van der Waals surface area contributed by atoms with E-state index in [1.54, 1.807) is 24.4 Å². The number of benzene rings is 1. The predicted octanol–water partition coefficient (Wildman–Crippen LogP) is 3.46. The van der Waals surface area contributed by atoms with Gasteiger partial charge in [0.05, 0.1) is 10.0 Å². The highest BCUT2D eigenvalue weighted by Crippen LogP contribution is 2.24. The molecule has 0 spiro atoms. The first-order chi connectivity index (χ1) is 12.5. The van der Waals surface area contributed by atoms with Gasteiger partial charge in [-0.25, -0.2) is 9.78 Å². The number of halogens is 2. The maximum atomic E-state index is 12.0. The third-order valence-corrected chi connectivity index (χ3v) is 5.01. The summed E-state index contributed by atoms with van der Waals surface area (Å²) in [5.41, 5.74) is 1.52. The number of hydrogen-bond acceptors (Lipinski definition) is 4. The van der Waals surface area contributed by atoms with E-state index in [0.717, 1.165) is 37.6 Å². The standard InChI is InChI=1S/C18H21Cl2N5O/c1-24-6-8-25(9-7-24)17-5-2-13(11-21-17)12-22-18(26)23-14-3-4-15(19)16(20)10-14/h2-5,10-11H,6-9,12H2,1H3,(H2,22,23,26). The van der Waals surface area contributed by atoms with Crippen molar-refractivity contribution in [2.45, 2.75) is 6.54 Å². The van der Waals surface area contributed by atoms with Crippen molar-refractivity contribution in [3.8, 4) is 0 Å². The number of hydrogen-bond donors (Lipinski definition) is 2. The van der Waals surface area contributed by atoms with Gasteiger partial charge in [0, 0.05) is 44.6 Å². The summed E-state index contributed by atoms with van der Waals surface area (Å²) >= 11 is 11.8. The zero-order valence-electron chi connectivity index (χ0n) is 14.5. The van der Waals surface area contributed by atoms with E-state index in [0.29, 0.717) is 22.3 Å². The van der Waals surface area contributed by atoms with Crippen molar-refractivity contribution in [3.63, 3.8) is 0 Å². The zero-order valence-corrected chi connectivity index (χ0v) is 16.0. The van der Waals surface area contributed by atoms with Crippen LogP contribution in [-0.4, -0.2) is 49.1 Å². The second-order valence-electron chi connectivity index (χ2n) is 6.25. The monoisotopic (exact) mass is 393 g/mol. The number of pyridine rings is 1. The molecule has 138 valence electrons. The highest BCUT2D eigenvalue weighted by molar-refractivity contribution is 6.42. The number of likely N-dealkylation sites (N-methyl/N-ethyl adjacent to an activating group) is 1. The summed E-state index contributed by atoms with van der Waals surface area (Å²) in [5, 5.41) is 6.37. The lowest BCUT2D eigenvalue weighted by atomic mass is 10.2. The molecular formula is C18H21Cl2N5O. The minimum atomic E-state index is -0.313. The van der Waals surface area contributed by atoms with Crippen LogP contribution in [0.2, 0.25) is 10.0 Å². The largest absolute Gasteiger partial charge is 0.354 e. The third kappa shape index (κ3) is 5.00. The second kappa shape index (κ2) is 8.58. The smallest absolute Gasteiger partial charge is 0.319 e. The summed E-state index contributed by atoms with van der Waals surface area (Å²) in [5.74, 6) is 0.974. The summed E-state index contributed by atoms with van der Waals surface area (Å²) in [6.45, 7) is 4.43. The molecule has 1 aliphatic heterocycles. The van der Waals surface area contributed by atoms with Crippen molar-refractivity contribution in [1.82, 2.24) is 15.2 Å². The molecule has 1 aliphatic rings. The van der Waals surface area contributed by atoms with Crippen molar-refractivity contribution >= 4 is 40.7 Å². The van der Waals surface area contributed by atoms with Crippen molar-refractivity contribution in [3.05, 3.63) is 52.1 Å². The van der Waals surface area contributed by atoms with Gasteiger partial charge in [-0.05, 0) is 36.9 Å². The highest BCUT2D eigenvalue weighted by atomic mass is 35.5. The van der Waals surface area contributed by atoms with E-state index in [2.05, 4.69) is 32.5 Å². The maximum absolute atomic E-state index is 12.0. The molecule has 0 atom stereocenters. The fourth-order valence-electron chi connectivity index (χ4n) is 2.68. The van der Waals surface area contributed by atoms with Crippen molar-refractivity contribution in [1.29, 1.82) is 0 Å². The minimum Gasteiger partial charge on any atom is -0.354 e. The van der Waals surface area contributed by atoms with E-state index >= 15 is 0 Å². The number of nitrogens with zero attached hydrogens (tertiary/aromatic N) is 3. The molecule has 0 unspecified atom stereocenters. The van der Waals surface area contributed by atoms with Crippen molar-refractivity contribution < 1.29 is 4.79 Å². The van der Waals surface area contributed by atoms with Gasteiger partial charge in [0.2, 0.25) is 0 Å². The molecule has 3 rings (SSSR count). The average Bonchev–Trinajstić information content (AvgIpc) is 2.64. The Morgan fingerprint density at radius 3 is 2.54 bits per heavy atom. The first kappa shape index (κ1) is 18.8. The van der Waals surface area contributed by atoms with Crippen LogP contribution in [0.5, 0.6) is 0 Å². The molecule has 0 saturated carbocycles. The molecule has 0 aliphatic carbocycles. The van der Waals surface area contributed by atoms with Crippen LogP contribution in [0.4, 0.5) is 16.3 Å². The average molecular weight is 394 g/mol. The number of amides is 2. The van der Waals surface area contributed by atoms with Crippen LogP contribution in [0, 0.1) is 0 Å². The Morgan fingerprint density at radius 1 is 1.12 bits per heavy atom. The second-order valence-corrected chi connectivity index (χ2v) is 7.07. The lowest BCUT2D eigenvalue weighted by molar-refractivity contribution is 0.251. The van der Waals surface area contributed by atoms with Gasteiger partial charge in [0.25, 0.3) is 0 Å². The molecule has 6 nitrogen and oxygen atoms in total. The Hall–Kier alpha value is -2.02. The quantitative estimate of drug-likeness (QED) is 0.834. The number of aromatic nitrogens is 1. The molecule has 26 heavy (non-hydrogen) atoms. The molecule has 0 bridgehead atoms. The molecule has 8 heteroatoms. The molecule has 1 aromatic carbocycles. The van der Waals surface area contributed by atoms with Crippen LogP contribution in [0.1, 0.15) is 5.56 Å². The van der Waals surface area contributed by atoms with Gasteiger partial charge in [-0.2, -0.15) is 0 Å². The number of piperazine rings is 1. The first-order valence-corrected chi connectivity index (χ1v) is 9.15. The zero-order chi connectivity index (χ0) is 18.5. The predicted molar refractivity (Wildman–Crippen MR) is 106 cm³/mol. The van der Waals surface area contributed by atoms with E-state index in [1.807, 2.05) is 12.1 Å². The molecular weight excluding hydrogens is 373 g/mol. The van der Waals surface area contributed by atoms with E-state index in [1.165, 1.54) is 0 Å². The van der Waals surface area contributed by atoms with Gasteiger partial charge in [0.1, 0.15) is 5.82 Å². The van der Waals surface area contributed by atoms with Gasteiger partial charge in [-0.15, -0.1) is 0 Å². The Labute approximate surface area is 163 Å². The SMILES string of the molecule is CN1CCN(c2ccc(CNC(=O)Nc3ccc(Cl)c(Cl)c3)cn2)CC1. The van der Waals surface area contributed by atoms with Crippen LogP contribution in [0.15, 0.2) is 36.5 Å². The molecule has 2 heterocycles. The van der Waals surface area contributed by atoms with E-state index in [-0.39, 0.29) is 6.03 Å². The molecule has 0 radical (unpaired) electrons. The third-order valence-electron chi connectivity index (χ3n) is 4.27. The lowest BCUT2D eigenvalue weighted by Gasteiger charge is -2.33. The Balaban J connectivity index is 1.49. The molecule has 2 amide bonds. The number of urea groups is 1. The maximum Gasteiger partial charge on any atom is 0.319 e. The molecule has 1 aromatic heterocycles. The van der Waals surface area contributed by atoms with Crippen molar-refractivity contribution in [2.24, 2.45) is 0 Å². The van der Waals surface area contributed by atoms with Gasteiger partial charge in [-0.1, -0.05) is 29.3 Å². The fourth-order valence-corrected chi connectivity index (χ4v) is 2.97. The van der Waals surface area contributed by atoms with E-state index in [9.17, 15) is 4.79 Å². The lowest BCUT2D eigenvalue weighted by Crippen LogP contribution is -2.44. The summed E-state index contributed by atoms with van der Waals surface area (Å²) in [4.78, 5) is 21.1. The molecule has 2 aromatic rings. The summed E-state index contributed by atoms with van der Waals surface area (Å²) in [7, 11) is 2.13. The number of nitrogens with one attached hydrogen (secondary N) is 2. The molecule has 2 N–H and O–H groups in total. The minimum absolute atomic E-state index is 0.313. The number of carbonyl (C=O) groups is 1. The van der Waals surface area contributed by atoms with Crippen LogP contribution in [-0.2, 0) is 6.54 Å². The summed E-state index contributed by atoms with van der Waals surface area (Å²) in [6, 6.07) is 8.61. The first-order valence-electron chi connectivity index (χ1n) is 8.39. The summed E-state index contributed by atoms with van der Waals surface area (Å²) in [6.07, 6.45) is 1.80. The van der Waals surface area contributed by atoms with Gasteiger partial charge in [0.15, 0.2) is 0 Å². The topological polar surface area (TPSA) is 60.5 Å². The Kier molecular flexibility index (Phi) is 6.19. The van der Waals surface area contributed by atoms with Crippen LogP contribution in [0.25, 0.3) is 0 Å². The Bertz CT molecular complexity index is 761. The number of rotatable bonds is 4. The fraction of sp³-hybridized carbons (Fsp3) is 0.333. The molecule has 1 saturated heterocycles. The summed E-state index contributed by atoms with van der Waals surface area (Å²) < 4.78 is 0. The van der Waals surface area contributed by atoms with Crippen LogP contribution < -0.4 is 15.5 Å². The van der Waals surface area contributed by atoms with E-state index in [4.69, 9.17) is 23.2 Å². The van der Waals surface area contributed by atoms with Crippen LogP contribution in [0.3, 0.4) is 0 Å². The van der Waals surface area contributed by atoms with Gasteiger partial charge in [-0.3, -0.25) is 0 Å². The Morgan fingerprint density at radius 2 is 1.88 bits per heavy atom. The number of anilines is 2. The van der Waals surface area contributed by atoms with Crippen molar-refractivity contribution in [2.75, 3.05) is 43.4 Å². The highest BCUT2D eigenvalue weighted by Gasteiger charge is 2.15. The van der Waals surface area contributed by atoms with E-state index < -0.39 is 0 Å². The number of carbonyl (C=O) groups excluding carboxylic acids is 1. The normalized spacial score (nSPS) is 15.0. The van der Waals surface area contributed by atoms with Gasteiger partial charge < -0.3 is 20.4 Å². The van der Waals surface area contributed by atoms with Crippen LogP contribution >= 0.6 is 23.2 Å².